The maximum atomic E-state index is 9.02. The third-order valence-corrected chi connectivity index (χ3v) is 4.13. The lowest BCUT2D eigenvalue weighted by Gasteiger charge is -2.09. The Morgan fingerprint density at radius 1 is 1.29 bits per heavy atom. The van der Waals surface area contributed by atoms with Gasteiger partial charge in [-0.25, -0.2) is 4.98 Å². The summed E-state index contributed by atoms with van der Waals surface area (Å²) in [4.78, 5) is 4.69. The first-order valence-electron chi connectivity index (χ1n) is 6.81. The van der Waals surface area contributed by atoms with Gasteiger partial charge in [0.1, 0.15) is 5.82 Å². The molecule has 21 heavy (non-hydrogen) atoms. The number of fused-ring (bicyclic) bond motifs is 1. The van der Waals surface area contributed by atoms with Crippen molar-refractivity contribution in [1.82, 2.24) is 9.55 Å². The van der Waals surface area contributed by atoms with Crippen LogP contribution in [-0.2, 0) is 6.54 Å². The molecule has 0 aliphatic heterocycles. The van der Waals surface area contributed by atoms with E-state index >= 15 is 0 Å². The highest BCUT2D eigenvalue weighted by Crippen LogP contribution is 2.32. The van der Waals surface area contributed by atoms with Crippen LogP contribution >= 0.6 is 11.6 Å². The van der Waals surface area contributed by atoms with E-state index in [0.29, 0.717) is 5.56 Å². The van der Waals surface area contributed by atoms with Gasteiger partial charge in [-0.2, -0.15) is 5.26 Å². The molecule has 0 radical (unpaired) electrons. The molecule has 1 heterocycles. The second-order valence-electron chi connectivity index (χ2n) is 4.93. The van der Waals surface area contributed by atoms with Crippen molar-refractivity contribution in [3.63, 3.8) is 0 Å². The molecule has 0 aliphatic rings. The summed E-state index contributed by atoms with van der Waals surface area (Å²) in [5.41, 5.74) is 4.41. The number of nitriles is 1. The van der Waals surface area contributed by atoms with Gasteiger partial charge in [-0.3, -0.25) is 0 Å². The molecule has 4 heteroatoms. The minimum Gasteiger partial charge on any atom is -0.324 e. The van der Waals surface area contributed by atoms with Crippen molar-refractivity contribution in [2.24, 2.45) is 0 Å². The summed E-state index contributed by atoms with van der Waals surface area (Å²) in [6.45, 7) is 4.85. The molecule has 0 unspecified atom stereocenters. The monoisotopic (exact) mass is 295 g/mol. The highest BCUT2D eigenvalue weighted by molar-refractivity contribution is 6.34. The zero-order valence-electron chi connectivity index (χ0n) is 11.9. The van der Waals surface area contributed by atoms with E-state index in [0.717, 1.165) is 39.6 Å². The minimum absolute atomic E-state index is 0.616. The average molecular weight is 296 g/mol. The van der Waals surface area contributed by atoms with Crippen LogP contribution in [0.4, 0.5) is 0 Å². The summed E-state index contributed by atoms with van der Waals surface area (Å²) in [6, 6.07) is 13.7. The van der Waals surface area contributed by atoms with Crippen molar-refractivity contribution < 1.29 is 0 Å². The molecule has 3 aromatic rings. The van der Waals surface area contributed by atoms with Gasteiger partial charge in [0.25, 0.3) is 0 Å². The van der Waals surface area contributed by atoms with Crippen LogP contribution in [0, 0.1) is 18.3 Å². The fourth-order valence-corrected chi connectivity index (χ4v) is 2.76. The maximum absolute atomic E-state index is 9.02. The van der Waals surface area contributed by atoms with Gasteiger partial charge in [0.15, 0.2) is 0 Å². The number of aryl methyl sites for hydroxylation is 2. The van der Waals surface area contributed by atoms with Crippen LogP contribution in [-0.4, -0.2) is 9.55 Å². The molecule has 0 fully saturated rings. The van der Waals surface area contributed by atoms with Crippen molar-refractivity contribution in [1.29, 1.82) is 5.26 Å². The molecule has 104 valence electrons. The third kappa shape index (κ3) is 2.18. The lowest BCUT2D eigenvalue weighted by molar-refractivity contribution is 0.796. The average Bonchev–Trinajstić information content (AvgIpc) is 2.87. The molecule has 2 aromatic carbocycles. The summed E-state index contributed by atoms with van der Waals surface area (Å²) >= 11 is 6.44. The molecule has 0 aliphatic carbocycles. The number of halogens is 1. The Morgan fingerprint density at radius 3 is 2.81 bits per heavy atom. The normalized spacial score (nSPS) is 10.8. The predicted octanol–water partition coefficient (Wildman–Crippen LogP) is 4.56. The van der Waals surface area contributed by atoms with E-state index in [-0.39, 0.29) is 0 Å². The standard InChI is InChI=1S/C17H14ClN3/c1-3-21-15-8-7-12(10-19)9-14(15)20-17(21)13-6-4-5-11(2)16(13)18/h4-9H,3H2,1-2H3. The molecule has 0 bridgehead atoms. The predicted molar refractivity (Wildman–Crippen MR) is 85.3 cm³/mol. The summed E-state index contributed by atoms with van der Waals surface area (Å²) < 4.78 is 2.12. The molecule has 0 amide bonds. The van der Waals surface area contributed by atoms with Gasteiger partial charge in [-0.05, 0) is 43.7 Å². The number of hydrogen-bond acceptors (Lipinski definition) is 2. The molecule has 0 saturated heterocycles. The van der Waals surface area contributed by atoms with Crippen LogP contribution in [0.5, 0.6) is 0 Å². The molecule has 0 N–H and O–H groups in total. The van der Waals surface area contributed by atoms with Crippen molar-refractivity contribution in [3.05, 3.63) is 52.5 Å². The van der Waals surface area contributed by atoms with Crippen LogP contribution < -0.4 is 0 Å². The Labute approximate surface area is 128 Å². The molecular weight excluding hydrogens is 282 g/mol. The summed E-state index contributed by atoms with van der Waals surface area (Å²) in [6.07, 6.45) is 0. The van der Waals surface area contributed by atoms with Gasteiger partial charge in [-0.15, -0.1) is 0 Å². The Bertz CT molecular complexity index is 872. The Balaban J connectivity index is 2.32. The Morgan fingerprint density at radius 2 is 2.10 bits per heavy atom. The van der Waals surface area contributed by atoms with E-state index in [1.165, 1.54) is 0 Å². The summed E-state index contributed by atoms with van der Waals surface area (Å²) in [7, 11) is 0. The molecule has 0 spiro atoms. The molecular formula is C17H14ClN3. The number of imidazole rings is 1. The van der Waals surface area contributed by atoms with Crippen LogP contribution in [0.25, 0.3) is 22.4 Å². The van der Waals surface area contributed by atoms with E-state index in [4.69, 9.17) is 21.8 Å². The van der Waals surface area contributed by atoms with Crippen LogP contribution in [0.1, 0.15) is 18.1 Å². The van der Waals surface area contributed by atoms with Gasteiger partial charge < -0.3 is 4.57 Å². The lowest BCUT2D eigenvalue weighted by atomic mass is 10.1. The van der Waals surface area contributed by atoms with Crippen molar-refractivity contribution in [3.8, 4) is 17.5 Å². The zero-order valence-corrected chi connectivity index (χ0v) is 12.6. The van der Waals surface area contributed by atoms with Gasteiger partial charge in [0.2, 0.25) is 0 Å². The van der Waals surface area contributed by atoms with E-state index < -0.39 is 0 Å². The second kappa shape index (κ2) is 5.23. The first-order valence-corrected chi connectivity index (χ1v) is 7.19. The van der Waals surface area contributed by atoms with Gasteiger partial charge in [-0.1, -0.05) is 23.7 Å². The molecule has 0 atom stereocenters. The topological polar surface area (TPSA) is 41.6 Å². The smallest absolute Gasteiger partial charge is 0.142 e. The molecule has 1 aromatic heterocycles. The Hall–Kier alpha value is -2.31. The summed E-state index contributed by atoms with van der Waals surface area (Å²) in [5, 5.41) is 9.75. The third-order valence-electron chi connectivity index (χ3n) is 3.63. The van der Waals surface area contributed by atoms with E-state index in [1.54, 1.807) is 0 Å². The fourth-order valence-electron chi connectivity index (χ4n) is 2.55. The highest BCUT2D eigenvalue weighted by Gasteiger charge is 2.15. The van der Waals surface area contributed by atoms with E-state index in [2.05, 4.69) is 17.6 Å². The van der Waals surface area contributed by atoms with Gasteiger partial charge in [0, 0.05) is 12.1 Å². The summed E-state index contributed by atoms with van der Waals surface area (Å²) in [5.74, 6) is 0.844. The van der Waals surface area contributed by atoms with Gasteiger partial charge in [0.05, 0.1) is 27.7 Å². The number of rotatable bonds is 2. The Kier molecular flexibility index (Phi) is 3.40. The second-order valence-corrected chi connectivity index (χ2v) is 5.31. The van der Waals surface area contributed by atoms with Gasteiger partial charge >= 0.3 is 0 Å². The zero-order chi connectivity index (χ0) is 15.0. The van der Waals surface area contributed by atoms with Crippen LogP contribution in [0.2, 0.25) is 5.02 Å². The number of aromatic nitrogens is 2. The lowest BCUT2D eigenvalue weighted by Crippen LogP contribution is -1.98. The fraction of sp³-hybridized carbons (Fsp3) is 0.176. The first-order chi connectivity index (χ1) is 10.2. The van der Waals surface area contributed by atoms with Crippen LogP contribution in [0.15, 0.2) is 36.4 Å². The van der Waals surface area contributed by atoms with Crippen molar-refractivity contribution >= 4 is 22.6 Å². The number of hydrogen-bond donors (Lipinski definition) is 0. The van der Waals surface area contributed by atoms with E-state index in [9.17, 15) is 0 Å². The quantitative estimate of drug-likeness (QED) is 0.695. The van der Waals surface area contributed by atoms with Crippen molar-refractivity contribution in [2.45, 2.75) is 20.4 Å². The van der Waals surface area contributed by atoms with E-state index in [1.807, 2.05) is 43.3 Å². The maximum Gasteiger partial charge on any atom is 0.142 e. The largest absolute Gasteiger partial charge is 0.324 e. The SMILES string of the molecule is CCn1c(-c2cccc(C)c2Cl)nc2cc(C#N)ccc21. The number of nitrogens with zero attached hydrogens (tertiary/aromatic N) is 3. The first kappa shape index (κ1) is 13.7. The molecule has 0 saturated carbocycles. The highest BCUT2D eigenvalue weighted by atomic mass is 35.5. The minimum atomic E-state index is 0.616. The van der Waals surface area contributed by atoms with Crippen molar-refractivity contribution in [2.75, 3.05) is 0 Å². The molecule has 3 rings (SSSR count). The molecule has 3 nitrogen and oxygen atoms in total. The van der Waals surface area contributed by atoms with Crippen LogP contribution in [0.3, 0.4) is 0 Å². The number of benzene rings is 2.